The van der Waals surface area contributed by atoms with Gasteiger partial charge in [0.05, 0.1) is 24.5 Å². The van der Waals surface area contributed by atoms with Crippen molar-refractivity contribution in [3.05, 3.63) is 59.8 Å². The van der Waals surface area contributed by atoms with Gasteiger partial charge in [0.2, 0.25) is 0 Å². The van der Waals surface area contributed by atoms with Gasteiger partial charge in [-0.25, -0.2) is 0 Å². The molecule has 1 aromatic heterocycles. The molecule has 0 atom stereocenters. The van der Waals surface area contributed by atoms with Crippen LogP contribution in [0.15, 0.2) is 48.7 Å². The molecule has 25 heavy (non-hydrogen) atoms. The average molecular weight is 336 g/mol. The predicted molar refractivity (Wildman–Crippen MR) is 98.3 cm³/mol. The van der Waals surface area contributed by atoms with Gasteiger partial charge in [0.1, 0.15) is 11.5 Å². The maximum atomic E-state index is 12.1. The van der Waals surface area contributed by atoms with Crippen LogP contribution >= 0.6 is 0 Å². The van der Waals surface area contributed by atoms with Crippen LogP contribution in [0.3, 0.4) is 0 Å². The van der Waals surface area contributed by atoms with Gasteiger partial charge in [-0.15, -0.1) is 0 Å². The molecular weight excluding hydrogens is 316 g/mol. The van der Waals surface area contributed by atoms with Crippen LogP contribution in [0.1, 0.15) is 11.1 Å². The van der Waals surface area contributed by atoms with Gasteiger partial charge in [-0.1, -0.05) is 6.07 Å². The van der Waals surface area contributed by atoms with Crippen molar-refractivity contribution >= 4 is 22.5 Å². The number of amides is 1. The van der Waals surface area contributed by atoms with Crippen molar-refractivity contribution in [1.82, 2.24) is 4.98 Å². The number of fused-ring (bicyclic) bond motifs is 1. The fourth-order valence-corrected chi connectivity index (χ4v) is 2.45. The minimum Gasteiger partial charge on any atom is -0.497 e. The number of nitrogens with zero attached hydrogens (tertiary/aromatic N) is 1. The highest BCUT2D eigenvalue weighted by atomic mass is 16.5. The zero-order valence-electron chi connectivity index (χ0n) is 14.5. The van der Waals surface area contributed by atoms with Gasteiger partial charge in [0, 0.05) is 11.5 Å². The first-order valence-electron chi connectivity index (χ1n) is 7.99. The largest absolute Gasteiger partial charge is 0.497 e. The molecule has 0 aliphatic rings. The van der Waals surface area contributed by atoms with Gasteiger partial charge in [-0.2, -0.15) is 0 Å². The predicted octanol–water partition coefficient (Wildman–Crippen LogP) is 3.88. The van der Waals surface area contributed by atoms with Crippen LogP contribution in [-0.2, 0) is 4.79 Å². The number of benzene rings is 2. The molecule has 0 bridgehead atoms. The molecule has 5 nitrogen and oxygen atoms in total. The summed E-state index contributed by atoms with van der Waals surface area (Å²) in [4.78, 5) is 16.4. The zero-order valence-corrected chi connectivity index (χ0v) is 14.5. The molecule has 0 saturated carbocycles. The number of nitrogens with one attached hydrogen (secondary N) is 1. The quantitative estimate of drug-likeness (QED) is 0.768. The van der Waals surface area contributed by atoms with E-state index in [0.717, 1.165) is 22.2 Å². The topological polar surface area (TPSA) is 60.5 Å². The third-order valence-corrected chi connectivity index (χ3v) is 4.02. The van der Waals surface area contributed by atoms with Gasteiger partial charge in [-0.3, -0.25) is 9.78 Å². The molecule has 2 aromatic carbocycles. The molecule has 0 aliphatic heterocycles. The highest BCUT2D eigenvalue weighted by Crippen LogP contribution is 2.21. The van der Waals surface area contributed by atoms with E-state index in [1.165, 1.54) is 5.56 Å². The number of aromatic nitrogens is 1. The van der Waals surface area contributed by atoms with Gasteiger partial charge < -0.3 is 14.8 Å². The van der Waals surface area contributed by atoms with Crippen LogP contribution in [0.2, 0.25) is 0 Å². The van der Waals surface area contributed by atoms with E-state index in [0.29, 0.717) is 11.4 Å². The number of carbonyl (C=O) groups is 1. The van der Waals surface area contributed by atoms with E-state index in [-0.39, 0.29) is 12.5 Å². The van der Waals surface area contributed by atoms with E-state index in [1.54, 1.807) is 13.3 Å². The zero-order chi connectivity index (χ0) is 17.8. The highest BCUT2D eigenvalue weighted by molar-refractivity contribution is 5.94. The molecular formula is C20H20N2O3. The van der Waals surface area contributed by atoms with Crippen molar-refractivity contribution in [3.8, 4) is 11.5 Å². The minimum absolute atomic E-state index is 0.0524. The SMILES string of the molecule is COc1ccc2cc(NC(=O)COc3ccc(C)c(C)c3)cnc2c1. The third-order valence-electron chi connectivity index (χ3n) is 4.02. The first kappa shape index (κ1) is 16.8. The second-order valence-corrected chi connectivity index (χ2v) is 5.87. The number of ether oxygens (including phenoxy) is 2. The van der Waals surface area contributed by atoms with E-state index in [9.17, 15) is 4.79 Å². The molecule has 0 saturated heterocycles. The summed E-state index contributed by atoms with van der Waals surface area (Å²) in [5, 5.41) is 3.73. The van der Waals surface area contributed by atoms with Gasteiger partial charge in [0.25, 0.3) is 5.91 Å². The lowest BCUT2D eigenvalue weighted by molar-refractivity contribution is -0.118. The number of carbonyl (C=O) groups excluding carboxylic acids is 1. The summed E-state index contributed by atoms with van der Waals surface area (Å²) < 4.78 is 10.7. The molecule has 3 aromatic rings. The molecule has 0 radical (unpaired) electrons. The summed E-state index contributed by atoms with van der Waals surface area (Å²) in [6.07, 6.45) is 1.62. The number of hydrogen-bond acceptors (Lipinski definition) is 4. The Morgan fingerprint density at radius 3 is 2.60 bits per heavy atom. The van der Waals surface area contributed by atoms with Crippen LogP contribution < -0.4 is 14.8 Å². The number of hydrogen-bond donors (Lipinski definition) is 1. The molecule has 0 fully saturated rings. The summed E-state index contributed by atoms with van der Waals surface area (Å²) in [6.45, 7) is 4.00. The van der Waals surface area contributed by atoms with Crippen LogP contribution in [0.25, 0.3) is 10.9 Å². The summed E-state index contributed by atoms with van der Waals surface area (Å²) >= 11 is 0. The number of rotatable bonds is 5. The summed E-state index contributed by atoms with van der Waals surface area (Å²) in [5.74, 6) is 1.20. The Hall–Kier alpha value is -3.08. The second-order valence-electron chi connectivity index (χ2n) is 5.87. The van der Waals surface area contributed by atoms with Crippen molar-refractivity contribution in [1.29, 1.82) is 0 Å². The second kappa shape index (κ2) is 7.21. The van der Waals surface area contributed by atoms with Crippen molar-refractivity contribution in [2.45, 2.75) is 13.8 Å². The minimum atomic E-state index is -0.229. The number of methoxy groups -OCH3 is 1. The Morgan fingerprint density at radius 1 is 1.04 bits per heavy atom. The van der Waals surface area contributed by atoms with Gasteiger partial charge in [-0.05, 0) is 55.3 Å². The molecule has 1 N–H and O–H groups in total. The van der Waals surface area contributed by atoms with Crippen molar-refractivity contribution in [2.24, 2.45) is 0 Å². The summed E-state index contributed by atoms with van der Waals surface area (Å²) in [5.41, 5.74) is 3.76. The number of aryl methyl sites for hydroxylation is 2. The lowest BCUT2D eigenvalue weighted by Crippen LogP contribution is -2.20. The molecule has 3 rings (SSSR count). The van der Waals surface area contributed by atoms with Crippen molar-refractivity contribution in [2.75, 3.05) is 19.0 Å². The van der Waals surface area contributed by atoms with Crippen molar-refractivity contribution < 1.29 is 14.3 Å². The fraction of sp³-hybridized carbons (Fsp3) is 0.200. The van der Waals surface area contributed by atoms with E-state index >= 15 is 0 Å². The molecule has 1 heterocycles. The average Bonchev–Trinajstić information content (AvgIpc) is 2.62. The molecule has 0 unspecified atom stereocenters. The Morgan fingerprint density at radius 2 is 1.84 bits per heavy atom. The number of pyridine rings is 1. The van der Waals surface area contributed by atoms with Gasteiger partial charge >= 0.3 is 0 Å². The summed E-state index contributed by atoms with van der Waals surface area (Å²) in [7, 11) is 1.62. The molecule has 1 amide bonds. The Kier molecular flexibility index (Phi) is 4.84. The normalized spacial score (nSPS) is 10.5. The summed E-state index contributed by atoms with van der Waals surface area (Å²) in [6, 6.07) is 13.2. The van der Waals surface area contributed by atoms with E-state index in [4.69, 9.17) is 9.47 Å². The van der Waals surface area contributed by atoms with E-state index < -0.39 is 0 Å². The van der Waals surface area contributed by atoms with Gasteiger partial charge in [0.15, 0.2) is 6.61 Å². The monoisotopic (exact) mass is 336 g/mol. The molecule has 0 spiro atoms. The van der Waals surface area contributed by atoms with Crippen LogP contribution in [0, 0.1) is 13.8 Å². The van der Waals surface area contributed by atoms with Crippen LogP contribution in [0.5, 0.6) is 11.5 Å². The Balaban J connectivity index is 1.64. The van der Waals surface area contributed by atoms with E-state index in [2.05, 4.69) is 10.3 Å². The van der Waals surface area contributed by atoms with E-state index in [1.807, 2.05) is 56.3 Å². The fourth-order valence-electron chi connectivity index (χ4n) is 2.45. The molecule has 5 heteroatoms. The smallest absolute Gasteiger partial charge is 0.262 e. The number of anilines is 1. The Labute approximate surface area is 146 Å². The standard InChI is InChI=1S/C20H20N2O3/c1-13-4-6-18(8-14(13)2)25-12-20(23)22-16-9-15-5-7-17(24-3)10-19(15)21-11-16/h4-11H,12H2,1-3H3,(H,22,23). The van der Waals surface area contributed by atoms with Crippen LogP contribution in [-0.4, -0.2) is 24.6 Å². The first-order chi connectivity index (χ1) is 12.0. The third kappa shape index (κ3) is 4.07. The molecule has 0 aliphatic carbocycles. The molecule has 128 valence electrons. The lowest BCUT2D eigenvalue weighted by Gasteiger charge is -2.09. The first-order valence-corrected chi connectivity index (χ1v) is 7.99. The Bertz CT molecular complexity index is 922. The lowest BCUT2D eigenvalue weighted by atomic mass is 10.1. The maximum Gasteiger partial charge on any atom is 0.262 e. The van der Waals surface area contributed by atoms with Crippen LogP contribution in [0.4, 0.5) is 5.69 Å². The van der Waals surface area contributed by atoms with Crippen molar-refractivity contribution in [3.63, 3.8) is 0 Å². The highest BCUT2D eigenvalue weighted by Gasteiger charge is 2.06. The maximum absolute atomic E-state index is 12.1.